The molecule has 0 saturated heterocycles. The van der Waals surface area contributed by atoms with E-state index in [1.807, 2.05) is 0 Å². The lowest BCUT2D eigenvalue weighted by Crippen LogP contribution is -2.36. The maximum atomic E-state index is 9.23. The number of nitrogens with one attached hydrogen (secondary N) is 1. The summed E-state index contributed by atoms with van der Waals surface area (Å²) in [7, 11) is 1.78. The van der Waals surface area contributed by atoms with Crippen LogP contribution in [0.15, 0.2) is 6.20 Å². The Kier molecular flexibility index (Phi) is 4.60. The lowest BCUT2D eigenvalue weighted by molar-refractivity contribution is 0.297. The molecule has 0 unspecified atom stereocenters. The number of anilines is 2. The Labute approximate surface area is 112 Å². The van der Waals surface area contributed by atoms with E-state index in [4.69, 9.17) is 11.6 Å². The zero-order chi connectivity index (χ0) is 13.0. The number of hydrogen-bond acceptors (Lipinski definition) is 5. The van der Waals surface area contributed by atoms with Crippen molar-refractivity contribution in [2.24, 2.45) is 0 Å². The SMILES string of the molecule is CNc1ncc(Cl)c(N(CCO)C2CCCC2)n1. The molecule has 0 atom stereocenters. The Morgan fingerprint density at radius 1 is 1.50 bits per heavy atom. The van der Waals surface area contributed by atoms with E-state index in [9.17, 15) is 5.11 Å². The van der Waals surface area contributed by atoms with Crippen LogP contribution in [0.4, 0.5) is 11.8 Å². The van der Waals surface area contributed by atoms with Crippen molar-refractivity contribution in [2.75, 3.05) is 30.4 Å². The van der Waals surface area contributed by atoms with Crippen molar-refractivity contribution in [1.29, 1.82) is 0 Å². The molecule has 1 heterocycles. The molecule has 0 amide bonds. The van der Waals surface area contributed by atoms with Gasteiger partial charge in [-0.15, -0.1) is 0 Å². The van der Waals surface area contributed by atoms with E-state index in [0.717, 1.165) is 18.7 Å². The predicted octanol–water partition coefficient (Wildman–Crippen LogP) is 1.91. The Balaban J connectivity index is 2.28. The minimum Gasteiger partial charge on any atom is -0.395 e. The zero-order valence-corrected chi connectivity index (χ0v) is 11.3. The molecule has 1 aliphatic rings. The highest BCUT2D eigenvalue weighted by atomic mass is 35.5. The van der Waals surface area contributed by atoms with Gasteiger partial charge < -0.3 is 15.3 Å². The van der Waals surface area contributed by atoms with Gasteiger partial charge in [0.1, 0.15) is 5.02 Å². The van der Waals surface area contributed by atoms with Gasteiger partial charge in [-0.1, -0.05) is 24.4 Å². The molecule has 5 nitrogen and oxygen atoms in total. The fourth-order valence-corrected chi connectivity index (χ4v) is 2.66. The first-order chi connectivity index (χ1) is 8.76. The van der Waals surface area contributed by atoms with Gasteiger partial charge in [0, 0.05) is 19.6 Å². The summed E-state index contributed by atoms with van der Waals surface area (Å²) in [6.07, 6.45) is 6.34. The molecule has 1 fully saturated rings. The highest BCUT2D eigenvalue weighted by Crippen LogP contribution is 2.31. The summed E-state index contributed by atoms with van der Waals surface area (Å²) in [5.41, 5.74) is 0. The van der Waals surface area contributed by atoms with E-state index >= 15 is 0 Å². The number of aromatic nitrogens is 2. The highest BCUT2D eigenvalue weighted by Gasteiger charge is 2.25. The standard InChI is InChI=1S/C12H19ClN4O/c1-14-12-15-8-10(13)11(16-12)17(6-7-18)9-4-2-3-5-9/h8-9,18H,2-7H2,1H3,(H,14,15,16). The molecule has 2 rings (SSSR count). The van der Waals surface area contributed by atoms with Crippen molar-refractivity contribution in [3.63, 3.8) is 0 Å². The molecule has 0 bridgehead atoms. The number of aliphatic hydroxyl groups is 1. The smallest absolute Gasteiger partial charge is 0.224 e. The number of aliphatic hydroxyl groups excluding tert-OH is 1. The number of halogens is 1. The topological polar surface area (TPSA) is 61.3 Å². The van der Waals surface area contributed by atoms with Crippen molar-refractivity contribution in [2.45, 2.75) is 31.7 Å². The van der Waals surface area contributed by atoms with Gasteiger partial charge >= 0.3 is 0 Å². The van der Waals surface area contributed by atoms with Crippen LogP contribution in [0.25, 0.3) is 0 Å². The molecule has 2 N–H and O–H groups in total. The lowest BCUT2D eigenvalue weighted by Gasteiger charge is -2.30. The van der Waals surface area contributed by atoms with Crippen LogP contribution in [0, 0.1) is 0 Å². The van der Waals surface area contributed by atoms with Gasteiger partial charge in [0.05, 0.1) is 12.8 Å². The fourth-order valence-electron chi connectivity index (χ4n) is 2.47. The monoisotopic (exact) mass is 270 g/mol. The lowest BCUT2D eigenvalue weighted by atomic mass is 10.2. The summed E-state index contributed by atoms with van der Waals surface area (Å²) in [6.45, 7) is 0.663. The van der Waals surface area contributed by atoms with E-state index < -0.39 is 0 Å². The van der Waals surface area contributed by atoms with Crippen molar-refractivity contribution in [3.05, 3.63) is 11.2 Å². The molecule has 1 aliphatic carbocycles. The Hall–Kier alpha value is -1.07. The predicted molar refractivity (Wildman–Crippen MR) is 73.3 cm³/mol. The maximum absolute atomic E-state index is 9.23. The summed E-state index contributed by atoms with van der Waals surface area (Å²) in [5.74, 6) is 1.27. The van der Waals surface area contributed by atoms with E-state index in [0.29, 0.717) is 23.6 Å². The van der Waals surface area contributed by atoms with E-state index in [1.165, 1.54) is 12.8 Å². The summed E-state index contributed by atoms with van der Waals surface area (Å²) >= 11 is 6.19. The summed E-state index contributed by atoms with van der Waals surface area (Å²) in [4.78, 5) is 10.6. The van der Waals surface area contributed by atoms with Crippen LogP contribution in [0.1, 0.15) is 25.7 Å². The van der Waals surface area contributed by atoms with E-state index in [2.05, 4.69) is 20.2 Å². The van der Waals surface area contributed by atoms with Crippen LogP contribution in [0.5, 0.6) is 0 Å². The van der Waals surface area contributed by atoms with Gasteiger partial charge in [0.25, 0.3) is 0 Å². The zero-order valence-electron chi connectivity index (χ0n) is 10.6. The second kappa shape index (κ2) is 6.20. The number of rotatable bonds is 5. The van der Waals surface area contributed by atoms with Crippen molar-refractivity contribution < 1.29 is 5.11 Å². The van der Waals surface area contributed by atoms with Gasteiger partial charge in [0.15, 0.2) is 5.82 Å². The van der Waals surface area contributed by atoms with E-state index in [-0.39, 0.29) is 6.61 Å². The molecule has 0 aliphatic heterocycles. The van der Waals surface area contributed by atoms with Gasteiger partial charge in [-0.3, -0.25) is 0 Å². The van der Waals surface area contributed by atoms with E-state index in [1.54, 1.807) is 13.2 Å². The van der Waals surface area contributed by atoms with Gasteiger partial charge in [-0.2, -0.15) is 4.98 Å². The van der Waals surface area contributed by atoms with Crippen molar-refractivity contribution in [3.8, 4) is 0 Å². The third-order valence-electron chi connectivity index (χ3n) is 3.33. The first-order valence-electron chi connectivity index (χ1n) is 6.34. The average molecular weight is 271 g/mol. The number of nitrogens with zero attached hydrogens (tertiary/aromatic N) is 3. The van der Waals surface area contributed by atoms with Crippen LogP contribution < -0.4 is 10.2 Å². The molecular weight excluding hydrogens is 252 g/mol. The van der Waals surface area contributed by atoms with Crippen LogP contribution >= 0.6 is 11.6 Å². The molecular formula is C12H19ClN4O. The summed E-state index contributed by atoms with van der Waals surface area (Å²) in [6, 6.07) is 0.425. The fraction of sp³-hybridized carbons (Fsp3) is 0.667. The third kappa shape index (κ3) is 2.84. The van der Waals surface area contributed by atoms with Crippen LogP contribution in [0.3, 0.4) is 0 Å². The Morgan fingerprint density at radius 2 is 2.22 bits per heavy atom. The van der Waals surface area contributed by atoms with Crippen LogP contribution in [-0.2, 0) is 0 Å². The Morgan fingerprint density at radius 3 is 2.83 bits per heavy atom. The molecule has 6 heteroatoms. The average Bonchev–Trinajstić information content (AvgIpc) is 2.91. The summed E-state index contributed by atoms with van der Waals surface area (Å²) < 4.78 is 0. The minimum absolute atomic E-state index is 0.103. The van der Waals surface area contributed by atoms with Gasteiger partial charge in [-0.05, 0) is 12.8 Å². The minimum atomic E-state index is 0.103. The molecule has 1 saturated carbocycles. The Bertz CT molecular complexity index is 396. The molecule has 1 aromatic heterocycles. The van der Waals surface area contributed by atoms with Crippen LogP contribution in [-0.4, -0.2) is 41.3 Å². The largest absolute Gasteiger partial charge is 0.395 e. The van der Waals surface area contributed by atoms with Crippen LogP contribution in [0.2, 0.25) is 5.02 Å². The molecule has 100 valence electrons. The highest BCUT2D eigenvalue weighted by molar-refractivity contribution is 6.32. The van der Waals surface area contributed by atoms with Crippen molar-refractivity contribution >= 4 is 23.4 Å². The van der Waals surface area contributed by atoms with Gasteiger partial charge in [-0.25, -0.2) is 4.98 Å². The third-order valence-corrected chi connectivity index (χ3v) is 3.59. The van der Waals surface area contributed by atoms with Crippen molar-refractivity contribution in [1.82, 2.24) is 9.97 Å². The quantitative estimate of drug-likeness (QED) is 0.856. The second-order valence-electron chi connectivity index (χ2n) is 4.47. The normalized spacial score (nSPS) is 15.9. The maximum Gasteiger partial charge on any atom is 0.224 e. The van der Waals surface area contributed by atoms with Gasteiger partial charge in [0.2, 0.25) is 5.95 Å². The summed E-state index contributed by atoms with van der Waals surface area (Å²) in [5, 5.41) is 12.7. The second-order valence-corrected chi connectivity index (χ2v) is 4.88. The molecule has 0 radical (unpaired) electrons. The molecule has 18 heavy (non-hydrogen) atoms. The molecule has 0 spiro atoms. The number of hydrogen-bond donors (Lipinski definition) is 2. The molecule has 0 aromatic carbocycles. The first-order valence-corrected chi connectivity index (χ1v) is 6.72. The molecule has 1 aromatic rings. The first kappa shape index (κ1) is 13.4.